The number of ether oxygens (including phenoxy) is 1. The topological polar surface area (TPSA) is 9.23 Å². The Hall–Kier alpha value is -2.02. The second-order valence-corrected chi connectivity index (χ2v) is 4.89. The molecule has 3 rings (SSSR count). The molecule has 1 heterocycles. The number of hydrogen-bond donors (Lipinski definition) is 0. The summed E-state index contributed by atoms with van der Waals surface area (Å²) in [5.74, 6) is 1.05. The van der Waals surface area contributed by atoms with Crippen LogP contribution in [0.1, 0.15) is 30.9 Å². The second kappa shape index (κ2) is 5.31. The molecule has 0 aliphatic carbocycles. The van der Waals surface area contributed by atoms with Gasteiger partial charge in [0.25, 0.3) is 0 Å². The molecule has 1 atom stereocenters. The smallest absolute Gasteiger partial charge is 0.130 e. The van der Waals surface area contributed by atoms with Crippen molar-refractivity contribution < 1.29 is 4.74 Å². The van der Waals surface area contributed by atoms with Crippen molar-refractivity contribution in [1.82, 2.24) is 0 Å². The highest BCUT2D eigenvalue weighted by atomic mass is 16.5. The minimum atomic E-state index is 0.311. The van der Waals surface area contributed by atoms with Gasteiger partial charge in [-0.3, -0.25) is 0 Å². The van der Waals surface area contributed by atoms with Crippen LogP contribution >= 0.6 is 0 Å². The molecule has 0 spiro atoms. The molecule has 2 aromatic carbocycles. The van der Waals surface area contributed by atoms with Gasteiger partial charge in [0.2, 0.25) is 0 Å². The van der Waals surface area contributed by atoms with Crippen LogP contribution in [0.5, 0.6) is 0 Å². The minimum Gasteiger partial charge on any atom is -0.489 e. The molecule has 96 valence electrons. The SMILES string of the molecule is CCC1CC(c2ccccc2)=C(c2ccccc2)O1. The van der Waals surface area contributed by atoms with Crippen molar-refractivity contribution in [1.29, 1.82) is 0 Å². The van der Waals surface area contributed by atoms with Gasteiger partial charge < -0.3 is 4.74 Å². The van der Waals surface area contributed by atoms with E-state index >= 15 is 0 Å². The summed E-state index contributed by atoms with van der Waals surface area (Å²) in [4.78, 5) is 0. The maximum Gasteiger partial charge on any atom is 0.130 e. The van der Waals surface area contributed by atoms with E-state index in [9.17, 15) is 0 Å². The molecule has 1 aliphatic heterocycles. The van der Waals surface area contributed by atoms with Gasteiger partial charge in [0.05, 0.1) is 0 Å². The molecule has 1 heteroatoms. The van der Waals surface area contributed by atoms with Crippen molar-refractivity contribution in [2.24, 2.45) is 0 Å². The summed E-state index contributed by atoms with van der Waals surface area (Å²) < 4.78 is 6.14. The molecule has 1 nitrogen and oxygen atoms in total. The van der Waals surface area contributed by atoms with Crippen molar-refractivity contribution in [3.05, 3.63) is 71.8 Å². The number of hydrogen-bond acceptors (Lipinski definition) is 1. The van der Waals surface area contributed by atoms with Crippen molar-refractivity contribution in [2.45, 2.75) is 25.9 Å². The summed E-state index contributed by atoms with van der Waals surface area (Å²) in [6, 6.07) is 21.0. The summed E-state index contributed by atoms with van der Waals surface area (Å²) in [7, 11) is 0. The Morgan fingerprint density at radius 1 is 0.895 bits per heavy atom. The predicted octanol–water partition coefficient (Wildman–Crippen LogP) is 4.75. The molecule has 0 fully saturated rings. The van der Waals surface area contributed by atoms with Crippen LogP contribution in [0.15, 0.2) is 60.7 Å². The van der Waals surface area contributed by atoms with Crippen molar-refractivity contribution in [3.63, 3.8) is 0 Å². The van der Waals surface area contributed by atoms with Gasteiger partial charge in [0, 0.05) is 17.6 Å². The quantitative estimate of drug-likeness (QED) is 0.763. The molecule has 0 N–H and O–H groups in total. The molecular formula is C18H18O. The zero-order chi connectivity index (χ0) is 13.1. The molecule has 0 amide bonds. The van der Waals surface area contributed by atoms with Gasteiger partial charge >= 0.3 is 0 Å². The Kier molecular flexibility index (Phi) is 3.37. The summed E-state index contributed by atoms with van der Waals surface area (Å²) in [5.41, 5.74) is 3.79. The van der Waals surface area contributed by atoms with E-state index in [0.717, 1.165) is 18.6 Å². The van der Waals surface area contributed by atoms with Crippen LogP contribution < -0.4 is 0 Å². The van der Waals surface area contributed by atoms with Crippen molar-refractivity contribution in [3.8, 4) is 0 Å². The van der Waals surface area contributed by atoms with Crippen LogP contribution in [0, 0.1) is 0 Å². The van der Waals surface area contributed by atoms with E-state index in [0.29, 0.717) is 6.10 Å². The molecule has 0 aromatic heterocycles. The van der Waals surface area contributed by atoms with Crippen molar-refractivity contribution >= 4 is 11.3 Å². The minimum absolute atomic E-state index is 0.311. The molecule has 0 saturated heterocycles. The highest BCUT2D eigenvalue weighted by Gasteiger charge is 2.26. The largest absolute Gasteiger partial charge is 0.489 e. The second-order valence-electron chi connectivity index (χ2n) is 4.89. The van der Waals surface area contributed by atoms with Crippen LogP contribution in [0.2, 0.25) is 0 Å². The summed E-state index contributed by atoms with van der Waals surface area (Å²) in [6.45, 7) is 2.18. The van der Waals surface area contributed by atoms with E-state index in [1.54, 1.807) is 0 Å². The maximum absolute atomic E-state index is 6.14. The van der Waals surface area contributed by atoms with Gasteiger partial charge in [-0.25, -0.2) is 0 Å². The lowest BCUT2D eigenvalue weighted by Gasteiger charge is -2.10. The van der Waals surface area contributed by atoms with E-state index < -0.39 is 0 Å². The first-order valence-corrected chi connectivity index (χ1v) is 6.89. The maximum atomic E-state index is 6.14. The zero-order valence-corrected chi connectivity index (χ0v) is 11.2. The first kappa shape index (κ1) is 12.0. The van der Waals surface area contributed by atoms with E-state index in [-0.39, 0.29) is 0 Å². The van der Waals surface area contributed by atoms with Crippen LogP contribution in [0.3, 0.4) is 0 Å². The van der Waals surface area contributed by atoms with Gasteiger partial charge in [-0.15, -0.1) is 0 Å². The molecule has 0 radical (unpaired) electrons. The Labute approximate surface area is 114 Å². The van der Waals surface area contributed by atoms with Gasteiger partial charge in [-0.1, -0.05) is 67.6 Å². The summed E-state index contributed by atoms with van der Waals surface area (Å²) in [6.07, 6.45) is 2.36. The highest BCUT2D eigenvalue weighted by molar-refractivity contribution is 5.89. The standard InChI is InChI=1S/C18H18O/c1-2-16-13-17(14-9-5-3-6-10-14)18(19-16)15-11-7-4-8-12-15/h3-12,16H,2,13H2,1H3. The first-order valence-electron chi connectivity index (χ1n) is 6.89. The third kappa shape index (κ3) is 2.41. The van der Waals surface area contributed by atoms with Crippen LogP contribution in [-0.4, -0.2) is 6.10 Å². The Morgan fingerprint density at radius 3 is 2.05 bits per heavy atom. The van der Waals surface area contributed by atoms with Gasteiger partial charge in [0.15, 0.2) is 0 Å². The normalized spacial score (nSPS) is 18.5. The van der Waals surface area contributed by atoms with Gasteiger partial charge in [-0.05, 0) is 12.0 Å². The highest BCUT2D eigenvalue weighted by Crippen LogP contribution is 2.39. The number of rotatable bonds is 3. The fourth-order valence-corrected chi connectivity index (χ4v) is 2.55. The molecule has 1 aliphatic rings. The average Bonchev–Trinajstić information content (AvgIpc) is 2.93. The van der Waals surface area contributed by atoms with Crippen molar-refractivity contribution in [2.75, 3.05) is 0 Å². The Morgan fingerprint density at radius 2 is 1.47 bits per heavy atom. The molecular weight excluding hydrogens is 232 g/mol. The van der Waals surface area contributed by atoms with E-state index in [1.165, 1.54) is 16.7 Å². The first-order chi connectivity index (χ1) is 9.38. The van der Waals surface area contributed by atoms with Crippen LogP contribution in [0.25, 0.3) is 11.3 Å². The lowest BCUT2D eigenvalue weighted by Crippen LogP contribution is -2.03. The van der Waals surface area contributed by atoms with Crippen LogP contribution in [-0.2, 0) is 4.74 Å². The van der Waals surface area contributed by atoms with E-state index in [2.05, 4.69) is 61.5 Å². The van der Waals surface area contributed by atoms with E-state index in [4.69, 9.17) is 4.74 Å². The Balaban J connectivity index is 2.05. The lowest BCUT2D eigenvalue weighted by molar-refractivity contribution is 0.187. The zero-order valence-electron chi connectivity index (χ0n) is 11.2. The van der Waals surface area contributed by atoms with Gasteiger partial charge in [-0.2, -0.15) is 0 Å². The Bertz CT molecular complexity index is 518. The molecule has 19 heavy (non-hydrogen) atoms. The fraction of sp³-hybridized carbons (Fsp3) is 0.222. The lowest BCUT2D eigenvalue weighted by atomic mass is 9.98. The van der Waals surface area contributed by atoms with Gasteiger partial charge in [0.1, 0.15) is 11.9 Å². The third-order valence-electron chi connectivity index (χ3n) is 3.60. The predicted molar refractivity (Wildman–Crippen MR) is 79.5 cm³/mol. The summed E-state index contributed by atoms with van der Waals surface area (Å²) >= 11 is 0. The average molecular weight is 250 g/mol. The third-order valence-corrected chi connectivity index (χ3v) is 3.60. The monoisotopic (exact) mass is 250 g/mol. The number of benzene rings is 2. The fourth-order valence-electron chi connectivity index (χ4n) is 2.55. The van der Waals surface area contributed by atoms with Crippen LogP contribution in [0.4, 0.5) is 0 Å². The molecule has 2 aromatic rings. The molecule has 1 unspecified atom stereocenters. The molecule has 0 bridgehead atoms. The summed E-state index contributed by atoms with van der Waals surface area (Å²) in [5, 5.41) is 0. The molecule has 0 saturated carbocycles. The van der Waals surface area contributed by atoms with E-state index in [1.807, 2.05) is 6.07 Å².